The van der Waals surface area contributed by atoms with Crippen molar-refractivity contribution in [3.63, 3.8) is 0 Å². The molecule has 3 rings (SSSR count). The summed E-state index contributed by atoms with van der Waals surface area (Å²) in [5.74, 6) is -0.396. The average molecular weight is 356 g/mol. The van der Waals surface area contributed by atoms with Gasteiger partial charge in [0.05, 0.1) is 0 Å². The van der Waals surface area contributed by atoms with E-state index < -0.39 is 5.91 Å². The molecule has 0 saturated carbocycles. The number of nitrogens with one attached hydrogen (secondary N) is 1. The van der Waals surface area contributed by atoms with Crippen molar-refractivity contribution < 1.29 is 4.79 Å². The fraction of sp³-hybridized carbons (Fsp3) is 0.333. The molecule has 0 bridgehead atoms. The second-order valence-electron chi connectivity index (χ2n) is 6.83. The summed E-state index contributed by atoms with van der Waals surface area (Å²) in [5, 5.41) is 4.72. The lowest BCUT2D eigenvalue weighted by atomic mass is 9.93. The van der Waals surface area contributed by atoms with Gasteiger partial charge in [-0.15, -0.1) is 11.3 Å². The molecule has 0 radical (unpaired) electrons. The normalized spacial score (nSPS) is 11.6. The average Bonchev–Trinajstić information content (AvgIpc) is 3.01. The van der Waals surface area contributed by atoms with E-state index in [2.05, 4.69) is 15.3 Å². The molecule has 0 unspecified atom stereocenters. The Morgan fingerprint density at radius 2 is 2.00 bits per heavy atom. The summed E-state index contributed by atoms with van der Waals surface area (Å²) in [6, 6.07) is 3.80. The van der Waals surface area contributed by atoms with Gasteiger partial charge in [0.1, 0.15) is 5.56 Å². The molecule has 0 aromatic carbocycles. The maximum Gasteiger partial charge on any atom is 0.271 e. The highest BCUT2D eigenvalue weighted by Gasteiger charge is 2.22. The molecule has 0 atom stereocenters. The molecule has 0 saturated heterocycles. The van der Waals surface area contributed by atoms with Crippen molar-refractivity contribution in [2.24, 2.45) is 0 Å². The Hall–Kier alpha value is -2.54. The maximum atomic E-state index is 12.8. The summed E-state index contributed by atoms with van der Waals surface area (Å²) in [7, 11) is 0. The van der Waals surface area contributed by atoms with Crippen molar-refractivity contribution in [3.05, 3.63) is 63.3 Å². The van der Waals surface area contributed by atoms with Crippen molar-refractivity contribution in [2.45, 2.75) is 32.6 Å². The van der Waals surface area contributed by atoms with Gasteiger partial charge in [-0.1, -0.05) is 20.8 Å². The summed E-state index contributed by atoms with van der Waals surface area (Å²) >= 11 is 1.40. The molecule has 0 fully saturated rings. The number of hydrogen-bond acceptors (Lipinski definition) is 5. The highest BCUT2D eigenvalue weighted by Crippen LogP contribution is 2.25. The third-order valence-electron chi connectivity index (χ3n) is 3.91. The lowest BCUT2D eigenvalue weighted by Crippen LogP contribution is -2.34. The second-order valence-corrected chi connectivity index (χ2v) is 7.66. The number of fused-ring (bicyclic) bond motifs is 1. The first-order valence-corrected chi connectivity index (χ1v) is 8.93. The number of rotatable bonds is 4. The molecular weight excluding hydrogens is 336 g/mol. The van der Waals surface area contributed by atoms with Gasteiger partial charge in [0, 0.05) is 41.6 Å². The Kier molecular flexibility index (Phi) is 4.67. The van der Waals surface area contributed by atoms with Gasteiger partial charge in [-0.3, -0.25) is 19.0 Å². The zero-order valence-corrected chi connectivity index (χ0v) is 15.3. The molecule has 0 aliphatic rings. The second kappa shape index (κ2) is 6.76. The van der Waals surface area contributed by atoms with E-state index in [4.69, 9.17) is 0 Å². The van der Waals surface area contributed by atoms with Crippen molar-refractivity contribution >= 4 is 22.2 Å². The Labute approximate surface area is 149 Å². The zero-order chi connectivity index (χ0) is 18.0. The predicted molar refractivity (Wildman–Crippen MR) is 98.3 cm³/mol. The topological polar surface area (TPSA) is 76.4 Å². The van der Waals surface area contributed by atoms with E-state index in [1.807, 2.05) is 38.3 Å². The first kappa shape index (κ1) is 17.3. The van der Waals surface area contributed by atoms with Crippen LogP contribution < -0.4 is 10.9 Å². The van der Waals surface area contributed by atoms with Gasteiger partial charge in [-0.25, -0.2) is 4.98 Å². The van der Waals surface area contributed by atoms with Crippen molar-refractivity contribution in [2.75, 3.05) is 6.54 Å². The number of carbonyl (C=O) groups is 1. The molecule has 3 aromatic heterocycles. The number of amides is 1. The Morgan fingerprint density at radius 1 is 1.28 bits per heavy atom. The zero-order valence-electron chi connectivity index (χ0n) is 14.4. The molecule has 25 heavy (non-hydrogen) atoms. The van der Waals surface area contributed by atoms with Crippen molar-refractivity contribution in [3.8, 4) is 0 Å². The largest absolute Gasteiger partial charge is 0.351 e. The van der Waals surface area contributed by atoms with E-state index in [-0.39, 0.29) is 16.5 Å². The van der Waals surface area contributed by atoms with Crippen LogP contribution in [0.1, 0.15) is 42.4 Å². The van der Waals surface area contributed by atoms with Crippen LogP contribution in [0.5, 0.6) is 0 Å². The van der Waals surface area contributed by atoms with Crippen LogP contribution in [-0.2, 0) is 11.8 Å². The molecule has 130 valence electrons. The van der Waals surface area contributed by atoms with Gasteiger partial charge in [0.2, 0.25) is 0 Å². The monoisotopic (exact) mass is 356 g/mol. The molecular formula is C18H20N4O2S. The van der Waals surface area contributed by atoms with E-state index in [1.54, 1.807) is 16.8 Å². The van der Waals surface area contributed by atoms with Crippen LogP contribution in [0.15, 0.2) is 40.9 Å². The van der Waals surface area contributed by atoms with Gasteiger partial charge >= 0.3 is 0 Å². The number of hydrogen-bond donors (Lipinski definition) is 1. The molecule has 0 aliphatic heterocycles. The number of aromatic nitrogens is 3. The summed E-state index contributed by atoms with van der Waals surface area (Å²) in [5.41, 5.74) is 1.47. The quantitative estimate of drug-likeness (QED) is 0.779. The van der Waals surface area contributed by atoms with Gasteiger partial charge in [-0.2, -0.15) is 0 Å². The van der Waals surface area contributed by atoms with Gasteiger partial charge in [0.25, 0.3) is 11.5 Å². The standard InChI is InChI=1S/C18H20N4O2S/c1-18(2,3)14-11-25-17-21-10-13(16(24)22(14)17)15(23)20-9-6-12-4-7-19-8-5-12/h4-5,7-8,10-11H,6,9H2,1-3H3,(H,20,23). The SMILES string of the molecule is CC(C)(C)c1csc2ncc(C(=O)NCCc3ccncc3)c(=O)n12. The van der Waals surface area contributed by atoms with Crippen LogP contribution in [0.2, 0.25) is 0 Å². The minimum Gasteiger partial charge on any atom is -0.351 e. The minimum absolute atomic E-state index is 0.0659. The van der Waals surface area contributed by atoms with E-state index >= 15 is 0 Å². The van der Waals surface area contributed by atoms with Crippen LogP contribution in [0, 0.1) is 0 Å². The number of nitrogens with zero attached hydrogens (tertiary/aromatic N) is 3. The number of pyridine rings is 1. The Bertz CT molecular complexity index is 955. The van der Waals surface area contributed by atoms with Crippen LogP contribution in [-0.4, -0.2) is 26.8 Å². The number of carbonyl (C=O) groups excluding carboxylic acids is 1. The molecule has 1 amide bonds. The predicted octanol–water partition coefficient (Wildman–Crippen LogP) is 2.42. The van der Waals surface area contributed by atoms with Gasteiger partial charge in [0.15, 0.2) is 4.96 Å². The molecule has 0 aliphatic carbocycles. The van der Waals surface area contributed by atoms with Crippen LogP contribution in [0.3, 0.4) is 0 Å². The van der Waals surface area contributed by atoms with E-state index in [1.165, 1.54) is 17.5 Å². The maximum absolute atomic E-state index is 12.8. The molecule has 3 aromatic rings. The van der Waals surface area contributed by atoms with Gasteiger partial charge in [-0.05, 0) is 24.1 Å². The molecule has 0 spiro atoms. The Balaban J connectivity index is 1.82. The summed E-state index contributed by atoms with van der Waals surface area (Å²) in [6.07, 6.45) is 5.47. The summed E-state index contributed by atoms with van der Waals surface area (Å²) in [6.45, 7) is 6.54. The van der Waals surface area contributed by atoms with E-state index in [0.29, 0.717) is 17.9 Å². The van der Waals surface area contributed by atoms with Crippen LogP contribution in [0.25, 0.3) is 4.96 Å². The van der Waals surface area contributed by atoms with Gasteiger partial charge < -0.3 is 5.32 Å². The number of thiazole rings is 1. The fourth-order valence-electron chi connectivity index (χ4n) is 2.53. The smallest absolute Gasteiger partial charge is 0.271 e. The fourth-order valence-corrected chi connectivity index (χ4v) is 3.61. The minimum atomic E-state index is -0.396. The highest BCUT2D eigenvalue weighted by molar-refractivity contribution is 7.15. The van der Waals surface area contributed by atoms with Crippen molar-refractivity contribution in [1.29, 1.82) is 0 Å². The third-order valence-corrected chi connectivity index (χ3v) is 4.75. The Morgan fingerprint density at radius 3 is 2.68 bits per heavy atom. The molecule has 3 heterocycles. The third kappa shape index (κ3) is 3.61. The van der Waals surface area contributed by atoms with E-state index in [0.717, 1.165) is 11.3 Å². The molecule has 7 heteroatoms. The lowest BCUT2D eigenvalue weighted by Gasteiger charge is -2.17. The summed E-state index contributed by atoms with van der Waals surface area (Å²) in [4.78, 5) is 34.0. The van der Waals surface area contributed by atoms with Crippen LogP contribution >= 0.6 is 11.3 Å². The summed E-state index contributed by atoms with van der Waals surface area (Å²) < 4.78 is 1.54. The van der Waals surface area contributed by atoms with E-state index in [9.17, 15) is 9.59 Å². The highest BCUT2D eigenvalue weighted by atomic mass is 32.1. The molecule has 6 nitrogen and oxygen atoms in total. The van der Waals surface area contributed by atoms with Crippen molar-refractivity contribution in [1.82, 2.24) is 19.7 Å². The molecule has 1 N–H and O–H groups in total. The first-order chi connectivity index (χ1) is 11.9. The lowest BCUT2D eigenvalue weighted by molar-refractivity contribution is 0.0952. The first-order valence-electron chi connectivity index (χ1n) is 8.05. The van der Waals surface area contributed by atoms with Crippen LogP contribution in [0.4, 0.5) is 0 Å².